The Hall–Kier alpha value is -1.43. The van der Waals surface area contributed by atoms with Crippen LogP contribution in [0.1, 0.15) is 12.8 Å². The molecule has 4 rings (SSSR count). The summed E-state index contributed by atoms with van der Waals surface area (Å²) in [6.45, 7) is 0. The van der Waals surface area contributed by atoms with Crippen LogP contribution in [-0.2, 0) is 0 Å². The highest BCUT2D eigenvalue weighted by molar-refractivity contribution is 14.1. The summed E-state index contributed by atoms with van der Waals surface area (Å²) in [7, 11) is 5.90. The Labute approximate surface area is 152 Å². The van der Waals surface area contributed by atoms with E-state index in [2.05, 4.69) is 93.5 Å². The Morgan fingerprint density at radius 3 is 2.87 bits per heavy atom. The van der Waals surface area contributed by atoms with E-state index in [0.29, 0.717) is 5.92 Å². The smallest absolute Gasteiger partial charge is 0.116 e. The van der Waals surface area contributed by atoms with E-state index >= 15 is 0 Å². The Bertz CT molecular complexity index is 737. The van der Waals surface area contributed by atoms with E-state index in [-0.39, 0.29) is 9.71 Å². The molecule has 114 valence electrons. The van der Waals surface area contributed by atoms with E-state index in [9.17, 15) is 0 Å². The fourth-order valence-electron chi connectivity index (χ4n) is 3.56. The highest BCUT2D eigenvalue weighted by Gasteiger charge is 2.43. The van der Waals surface area contributed by atoms with E-state index in [1.165, 1.54) is 11.4 Å². The number of fused-ring (bicyclic) bond motifs is 1. The first kappa shape index (κ1) is 15.1. The molecule has 0 amide bonds. The molecule has 1 heterocycles. The van der Waals surface area contributed by atoms with Crippen LogP contribution in [0.5, 0.6) is 0 Å². The van der Waals surface area contributed by atoms with Crippen LogP contribution < -0.4 is 10.2 Å². The second-order valence-corrected chi connectivity index (χ2v) is 8.12. The molecule has 1 aromatic carbocycles. The van der Waals surface area contributed by atoms with Gasteiger partial charge in [-0.05, 0) is 47.2 Å². The van der Waals surface area contributed by atoms with Gasteiger partial charge in [0.25, 0.3) is 0 Å². The van der Waals surface area contributed by atoms with Crippen LogP contribution in [0.4, 0.5) is 11.4 Å². The molecule has 0 bridgehead atoms. The average Bonchev–Trinajstić information content (AvgIpc) is 2.96. The van der Waals surface area contributed by atoms with Crippen molar-refractivity contribution in [1.29, 1.82) is 0 Å². The molecule has 3 aliphatic rings. The van der Waals surface area contributed by atoms with Crippen molar-refractivity contribution in [2.75, 3.05) is 10.2 Å². The Balaban J connectivity index is 1.73. The van der Waals surface area contributed by atoms with Crippen molar-refractivity contribution in [2.24, 2.45) is 5.92 Å². The average molecular weight is 412 g/mol. The van der Waals surface area contributed by atoms with Crippen LogP contribution >= 0.6 is 22.6 Å². The number of allylic oxidation sites excluding steroid dienone is 5. The normalized spacial score (nSPS) is 31.7. The standard InChI is InChI=1S/C19H18BIN2/c20-15-10-8-14(9-11-15)18-22-16-6-2-3-7-17(16)23(18)19(21)12-4-1-5-13-19/h1-8,10-12,14,18,22H,9,13H2. The number of benzene rings is 1. The first-order valence-corrected chi connectivity index (χ1v) is 9.07. The van der Waals surface area contributed by atoms with Gasteiger partial charge in [-0.15, -0.1) is 5.47 Å². The van der Waals surface area contributed by atoms with Gasteiger partial charge in [0, 0.05) is 12.3 Å². The van der Waals surface area contributed by atoms with Crippen molar-refractivity contribution in [1.82, 2.24) is 0 Å². The molecule has 2 radical (unpaired) electrons. The molecule has 0 spiro atoms. The predicted molar refractivity (Wildman–Crippen MR) is 107 cm³/mol. The summed E-state index contributed by atoms with van der Waals surface area (Å²) in [4.78, 5) is 2.53. The number of alkyl halides is 1. The quantitative estimate of drug-likeness (QED) is 0.333. The summed E-state index contributed by atoms with van der Waals surface area (Å²) in [6.07, 6.45) is 17.5. The van der Waals surface area contributed by atoms with E-state index in [4.69, 9.17) is 7.85 Å². The SMILES string of the molecule is [B]C1=CCC(C2Nc3ccccc3N2C2(I)C=CC=CC2)C=C1. The van der Waals surface area contributed by atoms with Crippen molar-refractivity contribution >= 4 is 41.8 Å². The van der Waals surface area contributed by atoms with Gasteiger partial charge in [0.2, 0.25) is 0 Å². The van der Waals surface area contributed by atoms with E-state index < -0.39 is 0 Å². The number of nitrogens with zero attached hydrogens (tertiary/aromatic N) is 1. The van der Waals surface area contributed by atoms with Crippen molar-refractivity contribution < 1.29 is 0 Å². The maximum absolute atomic E-state index is 5.90. The minimum absolute atomic E-state index is 0.0443. The molecule has 3 atom stereocenters. The first-order chi connectivity index (χ1) is 11.2. The lowest BCUT2D eigenvalue weighted by Gasteiger charge is -2.43. The number of para-hydroxylation sites is 2. The lowest BCUT2D eigenvalue weighted by molar-refractivity contribution is 0.484. The van der Waals surface area contributed by atoms with Crippen LogP contribution in [-0.4, -0.2) is 17.6 Å². The molecule has 1 aliphatic heterocycles. The highest BCUT2D eigenvalue weighted by Crippen LogP contribution is 2.47. The summed E-state index contributed by atoms with van der Waals surface area (Å²) in [6, 6.07) is 8.59. The van der Waals surface area contributed by atoms with Gasteiger partial charge in [0.05, 0.1) is 11.4 Å². The Kier molecular flexibility index (Phi) is 3.88. The first-order valence-electron chi connectivity index (χ1n) is 7.99. The van der Waals surface area contributed by atoms with Gasteiger partial charge in [0.15, 0.2) is 0 Å². The fraction of sp³-hybridized carbons (Fsp3) is 0.263. The van der Waals surface area contributed by atoms with Crippen LogP contribution in [0.25, 0.3) is 0 Å². The molecule has 4 heteroatoms. The summed E-state index contributed by atoms with van der Waals surface area (Å²) in [5.74, 6) is 0.403. The van der Waals surface area contributed by atoms with Gasteiger partial charge in [-0.2, -0.15) is 0 Å². The van der Waals surface area contributed by atoms with Crippen LogP contribution in [0, 0.1) is 5.92 Å². The number of halogens is 1. The van der Waals surface area contributed by atoms with Crippen molar-refractivity contribution in [3.63, 3.8) is 0 Å². The zero-order valence-corrected chi connectivity index (χ0v) is 15.0. The maximum atomic E-state index is 5.90. The molecule has 0 saturated heterocycles. The molecule has 2 nitrogen and oxygen atoms in total. The van der Waals surface area contributed by atoms with Crippen LogP contribution in [0.3, 0.4) is 0 Å². The fourth-order valence-corrected chi connectivity index (χ4v) is 4.58. The summed E-state index contributed by atoms with van der Waals surface area (Å²) < 4.78 is -0.0443. The third-order valence-electron chi connectivity index (χ3n) is 4.72. The van der Waals surface area contributed by atoms with Gasteiger partial charge in [-0.1, -0.05) is 48.6 Å². The second-order valence-electron chi connectivity index (χ2n) is 6.25. The third-order valence-corrected chi connectivity index (χ3v) is 6.04. The number of hydrogen-bond acceptors (Lipinski definition) is 2. The summed E-state index contributed by atoms with van der Waals surface area (Å²) in [5, 5.41) is 3.73. The topological polar surface area (TPSA) is 15.3 Å². The molecule has 2 aliphatic carbocycles. The lowest BCUT2D eigenvalue weighted by Crippen LogP contribution is -2.52. The molecule has 3 unspecified atom stereocenters. The van der Waals surface area contributed by atoms with E-state index in [1.54, 1.807) is 0 Å². The molecule has 1 aromatic rings. The van der Waals surface area contributed by atoms with Gasteiger partial charge in [-0.3, -0.25) is 0 Å². The van der Waals surface area contributed by atoms with Crippen molar-refractivity contribution in [3.05, 3.63) is 72.3 Å². The minimum atomic E-state index is -0.0443. The molecular formula is C19H18BIN2. The number of rotatable bonds is 2. The number of nitrogens with one attached hydrogen (secondary N) is 1. The van der Waals surface area contributed by atoms with Gasteiger partial charge in [-0.25, -0.2) is 0 Å². The molecule has 0 saturated carbocycles. The molecule has 1 N–H and O–H groups in total. The van der Waals surface area contributed by atoms with Crippen LogP contribution in [0.2, 0.25) is 0 Å². The lowest BCUT2D eigenvalue weighted by atomic mass is 9.85. The monoisotopic (exact) mass is 412 g/mol. The molecule has 23 heavy (non-hydrogen) atoms. The van der Waals surface area contributed by atoms with Crippen LogP contribution in [0.15, 0.2) is 72.3 Å². The summed E-state index contributed by atoms with van der Waals surface area (Å²) >= 11 is 2.59. The summed E-state index contributed by atoms with van der Waals surface area (Å²) in [5.41, 5.74) is 3.36. The van der Waals surface area contributed by atoms with E-state index in [0.717, 1.165) is 18.3 Å². The number of hydrogen-bond donors (Lipinski definition) is 1. The van der Waals surface area contributed by atoms with Gasteiger partial charge >= 0.3 is 0 Å². The molecular weight excluding hydrogens is 394 g/mol. The largest absolute Gasteiger partial charge is 0.363 e. The van der Waals surface area contributed by atoms with Gasteiger partial charge in [0.1, 0.15) is 17.6 Å². The van der Waals surface area contributed by atoms with Crippen molar-refractivity contribution in [2.45, 2.75) is 22.6 Å². The Morgan fingerprint density at radius 1 is 1.26 bits per heavy atom. The third kappa shape index (κ3) is 2.67. The zero-order valence-electron chi connectivity index (χ0n) is 12.8. The predicted octanol–water partition coefficient (Wildman–Crippen LogP) is 4.52. The number of anilines is 2. The van der Waals surface area contributed by atoms with Crippen molar-refractivity contribution in [3.8, 4) is 0 Å². The van der Waals surface area contributed by atoms with Gasteiger partial charge < -0.3 is 10.2 Å². The molecule has 0 aromatic heterocycles. The highest BCUT2D eigenvalue weighted by atomic mass is 127. The minimum Gasteiger partial charge on any atom is -0.363 e. The molecule has 0 fully saturated rings. The second kappa shape index (κ2) is 5.89. The zero-order chi connectivity index (χ0) is 15.9. The Morgan fingerprint density at radius 2 is 2.13 bits per heavy atom. The van der Waals surface area contributed by atoms with E-state index in [1.807, 2.05) is 6.08 Å². The maximum Gasteiger partial charge on any atom is 0.116 e.